The number of esters is 1. The van der Waals surface area contributed by atoms with E-state index in [0.29, 0.717) is 19.3 Å². The van der Waals surface area contributed by atoms with Crippen LogP contribution in [0.3, 0.4) is 0 Å². The van der Waals surface area contributed by atoms with Crippen LogP contribution in [0, 0.1) is 79.6 Å². The van der Waals surface area contributed by atoms with Crippen LogP contribution in [0.25, 0.3) is 0 Å². The van der Waals surface area contributed by atoms with Gasteiger partial charge < -0.3 is 9.26 Å². The van der Waals surface area contributed by atoms with Gasteiger partial charge in [0.25, 0.3) is 0 Å². The summed E-state index contributed by atoms with van der Waals surface area (Å²) in [4.78, 5) is 24.6. The fraction of sp³-hybridized carbons (Fsp3) is 0.607. The third kappa shape index (κ3) is 8.38. The molecule has 0 spiro atoms. The van der Waals surface area contributed by atoms with E-state index in [2.05, 4.69) is 39.8 Å². The first kappa shape index (κ1) is 32.6. The first-order valence-electron chi connectivity index (χ1n) is 12.2. The molecule has 0 radical (unpaired) electrons. The van der Waals surface area contributed by atoms with Crippen LogP contribution in [0.15, 0.2) is 4.52 Å². The van der Waals surface area contributed by atoms with Gasteiger partial charge in [-0.1, -0.05) is 25.4 Å². The summed E-state index contributed by atoms with van der Waals surface area (Å²) in [6.45, 7) is 18.5. The maximum absolute atomic E-state index is 13.2. The monoisotopic (exact) mass is 695 g/mol. The molecule has 1 unspecified atom stereocenters. The number of benzene rings is 1. The fourth-order valence-electron chi connectivity index (χ4n) is 4.30. The van der Waals surface area contributed by atoms with Crippen molar-refractivity contribution < 1.29 is 50.0 Å². The van der Waals surface area contributed by atoms with Gasteiger partial charge in [-0.2, -0.15) is 0 Å². The van der Waals surface area contributed by atoms with Crippen molar-refractivity contribution in [1.82, 2.24) is 5.16 Å². The third-order valence-corrected chi connectivity index (χ3v) is 6.99. The number of rotatable bonds is 10. The van der Waals surface area contributed by atoms with Gasteiger partial charge in [-0.15, -0.1) is 0 Å². The Kier molecular flexibility index (Phi) is 15.0. The molecule has 5 nitrogen and oxygen atoms in total. The van der Waals surface area contributed by atoms with Gasteiger partial charge in [-0.3, -0.25) is 9.59 Å². The molecule has 2 aromatic rings. The number of nitrogens with zero attached hydrogens (tertiary/aromatic N) is 1. The Bertz CT molecular complexity index is 933. The summed E-state index contributed by atoms with van der Waals surface area (Å²) in [5.41, 5.74) is 9.33. The minimum atomic E-state index is -0.197. The number of hydrogen-bond acceptors (Lipinski definition) is 5. The third-order valence-electron chi connectivity index (χ3n) is 6.99. The van der Waals surface area contributed by atoms with Crippen LogP contribution in [0.5, 0.6) is 0 Å². The molecule has 0 aliphatic carbocycles. The summed E-state index contributed by atoms with van der Waals surface area (Å²) in [5.74, 6) is 0.804. The zero-order chi connectivity index (χ0) is 25.3. The van der Waals surface area contributed by atoms with Gasteiger partial charge >= 0.3 is 5.97 Å². The predicted octanol–water partition coefficient (Wildman–Crippen LogP) is 6.88. The second kappa shape index (κ2) is 15.6. The molecule has 0 aliphatic heterocycles. The second-order valence-corrected chi connectivity index (χ2v) is 8.79. The van der Waals surface area contributed by atoms with Crippen molar-refractivity contribution in [2.24, 2.45) is 0 Å². The molecule has 1 aromatic heterocycles. The van der Waals surface area contributed by atoms with Gasteiger partial charge in [0.15, 0.2) is 0 Å². The van der Waals surface area contributed by atoms with Crippen molar-refractivity contribution in [1.29, 1.82) is 0 Å². The molecule has 1 heterocycles. The van der Waals surface area contributed by atoms with Crippen LogP contribution in [0.2, 0.25) is 0 Å². The predicted molar refractivity (Wildman–Crippen MR) is 134 cm³/mol. The number of hydrogen-bond donors (Lipinski definition) is 0. The number of methoxy groups -OCH3 is 1. The maximum atomic E-state index is 13.2. The van der Waals surface area contributed by atoms with E-state index in [4.69, 9.17) is 9.26 Å². The topological polar surface area (TPSA) is 69.4 Å². The summed E-state index contributed by atoms with van der Waals surface area (Å²) >= 11 is 0. The van der Waals surface area contributed by atoms with Gasteiger partial charge in [0.2, 0.25) is 0 Å². The standard InChI is InChI=1S/C26H37NO4.C2H6.U/c1-15-16(2)18(4)24(19(5)17(15)3)14-23(28)13-22(11-9-10-12-25(29)30-8)26-20(6)21(7)31-27-26;1-2;/h22H,9-14H2,1-8H3;1-2H3;. The molecule has 0 bridgehead atoms. The van der Waals surface area contributed by atoms with Crippen molar-refractivity contribution in [3.63, 3.8) is 0 Å². The van der Waals surface area contributed by atoms with Gasteiger partial charge in [0, 0.05) is 61.9 Å². The van der Waals surface area contributed by atoms with E-state index in [9.17, 15) is 9.59 Å². The Morgan fingerprint density at radius 1 is 0.853 bits per heavy atom. The van der Waals surface area contributed by atoms with E-state index in [1.165, 1.54) is 34.9 Å². The average Bonchev–Trinajstić information content (AvgIpc) is 3.15. The molecule has 0 saturated heterocycles. The number of Topliss-reactive ketones (excluding diaryl/α,β-unsaturated/α-hetero) is 1. The van der Waals surface area contributed by atoms with Gasteiger partial charge in [0.05, 0.1) is 12.8 Å². The molecular weight excluding hydrogens is 652 g/mol. The Morgan fingerprint density at radius 3 is 1.85 bits per heavy atom. The zero-order valence-electron chi connectivity index (χ0n) is 22.9. The van der Waals surface area contributed by atoms with Crippen molar-refractivity contribution >= 4 is 11.8 Å². The molecule has 0 amide bonds. The van der Waals surface area contributed by atoms with Crippen LogP contribution in [-0.4, -0.2) is 24.0 Å². The number of aryl methyl sites for hydroxylation is 1. The summed E-state index contributed by atoms with van der Waals surface area (Å²) < 4.78 is 10.1. The summed E-state index contributed by atoms with van der Waals surface area (Å²) in [7, 11) is 1.41. The average molecular weight is 696 g/mol. The molecule has 188 valence electrons. The van der Waals surface area contributed by atoms with E-state index < -0.39 is 0 Å². The van der Waals surface area contributed by atoms with Crippen LogP contribution < -0.4 is 0 Å². The number of unbranched alkanes of at least 4 members (excludes halogenated alkanes) is 1. The number of carbonyl (C=O) groups excluding carboxylic acids is 2. The zero-order valence-corrected chi connectivity index (χ0v) is 27.1. The molecule has 1 atom stereocenters. The van der Waals surface area contributed by atoms with Crippen molar-refractivity contribution in [3.8, 4) is 0 Å². The molecular formula is C28H43NO4U. The normalized spacial score (nSPS) is 11.2. The maximum Gasteiger partial charge on any atom is 0.305 e. The summed E-state index contributed by atoms with van der Waals surface area (Å²) in [6, 6.07) is 0. The molecule has 6 heteroatoms. The molecule has 0 aliphatic rings. The molecule has 0 N–H and O–H groups in total. The number of ether oxygens (including phenoxy) is 1. The molecule has 1 aromatic carbocycles. The van der Waals surface area contributed by atoms with Gasteiger partial charge in [-0.05, 0) is 94.7 Å². The Morgan fingerprint density at radius 2 is 1.38 bits per heavy atom. The smallest absolute Gasteiger partial charge is 0.305 e. The first-order valence-corrected chi connectivity index (χ1v) is 12.2. The minimum Gasteiger partial charge on any atom is -0.469 e. The van der Waals surface area contributed by atoms with E-state index >= 15 is 0 Å². The molecule has 2 rings (SSSR count). The number of aromatic nitrogens is 1. The van der Waals surface area contributed by atoms with E-state index in [0.717, 1.165) is 41.8 Å². The number of carbonyl (C=O) groups is 2. The fourth-order valence-corrected chi connectivity index (χ4v) is 4.30. The molecule has 0 fully saturated rings. The minimum absolute atomic E-state index is 0. The Labute approximate surface area is 230 Å². The summed E-state index contributed by atoms with van der Waals surface area (Å²) in [6.07, 6.45) is 3.62. The Balaban J connectivity index is 0.00000353. The van der Waals surface area contributed by atoms with Gasteiger partial charge in [-0.25, -0.2) is 0 Å². The van der Waals surface area contributed by atoms with Crippen LogP contribution >= 0.6 is 0 Å². The van der Waals surface area contributed by atoms with Crippen molar-refractivity contribution in [2.75, 3.05) is 7.11 Å². The van der Waals surface area contributed by atoms with Crippen LogP contribution in [0.1, 0.15) is 102 Å². The summed E-state index contributed by atoms with van der Waals surface area (Å²) in [5, 5.41) is 4.26. The van der Waals surface area contributed by atoms with E-state index in [-0.39, 0.29) is 48.8 Å². The first-order chi connectivity index (χ1) is 15.6. The quantitative estimate of drug-likeness (QED) is 0.200. The van der Waals surface area contributed by atoms with Crippen LogP contribution in [-0.2, 0) is 20.7 Å². The SMILES string of the molecule is CC.COC(=O)CCCCC(CC(=O)Cc1c(C)c(C)c(C)c(C)c1C)c1noc(C)c1C.[U]. The van der Waals surface area contributed by atoms with Crippen molar-refractivity contribution in [2.45, 2.75) is 107 Å². The Hall–Kier alpha value is -1.38. The number of ketones is 1. The van der Waals surface area contributed by atoms with Crippen LogP contribution in [0.4, 0.5) is 0 Å². The molecule has 34 heavy (non-hydrogen) atoms. The largest absolute Gasteiger partial charge is 0.469 e. The van der Waals surface area contributed by atoms with Gasteiger partial charge in [0.1, 0.15) is 11.5 Å². The van der Waals surface area contributed by atoms with E-state index in [1.807, 2.05) is 27.7 Å². The molecule has 0 saturated carbocycles. The second-order valence-electron chi connectivity index (χ2n) is 8.79. The van der Waals surface area contributed by atoms with Crippen molar-refractivity contribution in [3.05, 3.63) is 50.4 Å². The van der Waals surface area contributed by atoms with E-state index in [1.54, 1.807) is 0 Å².